The molecule has 2 saturated heterocycles. The van der Waals surface area contributed by atoms with Crippen molar-refractivity contribution in [3.05, 3.63) is 81.1 Å². The zero-order chi connectivity index (χ0) is 37.9. The maximum Gasteiger partial charge on any atom is 1.00 e. The van der Waals surface area contributed by atoms with Gasteiger partial charge in [-0.15, -0.1) is 0 Å². The van der Waals surface area contributed by atoms with E-state index in [2.05, 4.69) is 40.4 Å². The number of benzene rings is 2. The van der Waals surface area contributed by atoms with E-state index in [4.69, 9.17) is 37.4 Å². The molecule has 4 aliphatic rings. The Morgan fingerprint density at radius 3 is 1.59 bits per heavy atom. The van der Waals surface area contributed by atoms with Crippen LogP contribution in [0.2, 0.25) is 10.0 Å². The van der Waals surface area contributed by atoms with Crippen molar-refractivity contribution < 1.29 is 63.9 Å². The van der Waals surface area contributed by atoms with E-state index in [1.807, 2.05) is 24.3 Å². The minimum atomic E-state index is -1.06. The molecule has 4 fully saturated rings. The van der Waals surface area contributed by atoms with Gasteiger partial charge in [0.1, 0.15) is 34.3 Å². The van der Waals surface area contributed by atoms with Crippen molar-refractivity contribution in [2.24, 2.45) is 23.7 Å². The van der Waals surface area contributed by atoms with Gasteiger partial charge >= 0.3 is 41.5 Å². The molecular weight excluding hydrogens is 774 g/mol. The molecule has 18 heteroatoms. The van der Waals surface area contributed by atoms with Gasteiger partial charge in [-0.2, -0.15) is 9.97 Å². The molecule has 292 valence electrons. The predicted octanol–water partition coefficient (Wildman–Crippen LogP) is 3.12. The maximum absolute atomic E-state index is 12.3. The van der Waals surface area contributed by atoms with E-state index >= 15 is 0 Å². The topological polar surface area (TPSA) is 194 Å². The van der Waals surface area contributed by atoms with Crippen molar-refractivity contribution in [2.45, 2.75) is 32.9 Å². The summed E-state index contributed by atoms with van der Waals surface area (Å²) >= 11 is 12.3. The van der Waals surface area contributed by atoms with Gasteiger partial charge in [0.25, 0.3) is 0 Å². The van der Waals surface area contributed by atoms with Crippen molar-refractivity contribution in [1.82, 2.24) is 19.9 Å². The first-order chi connectivity index (χ1) is 26.1. The molecular formula is C38H43Cl2N8NaO7. The smallest absolute Gasteiger partial charge is 0.870 e. The minimum Gasteiger partial charge on any atom is -0.870 e. The molecule has 4 atom stereocenters. The van der Waals surface area contributed by atoms with Crippen LogP contribution in [-0.4, -0.2) is 89.5 Å². The summed E-state index contributed by atoms with van der Waals surface area (Å²) < 4.78 is 15.5. The molecule has 15 nitrogen and oxygen atoms in total. The number of nitrogens with one attached hydrogen (secondary N) is 2. The van der Waals surface area contributed by atoms with Crippen LogP contribution in [0.1, 0.15) is 51.6 Å². The molecule has 0 amide bonds. The second-order valence-electron chi connectivity index (χ2n) is 13.9. The second-order valence-corrected chi connectivity index (χ2v) is 14.7. The van der Waals surface area contributed by atoms with Crippen molar-refractivity contribution in [3.8, 4) is 11.5 Å². The number of ether oxygens (including phenoxy) is 3. The van der Waals surface area contributed by atoms with Crippen LogP contribution < -0.4 is 59.5 Å². The number of piperidine rings is 2. The Labute approximate surface area is 357 Å². The van der Waals surface area contributed by atoms with Gasteiger partial charge < -0.3 is 45.2 Å². The third kappa shape index (κ3) is 10.1. The molecule has 4 unspecified atom stereocenters. The van der Waals surface area contributed by atoms with Crippen LogP contribution in [-0.2, 0) is 17.8 Å². The minimum absolute atomic E-state index is 0. The molecule has 2 aliphatic carbocycles. The molecule has 2 aromatic heterocycles. The van der Waals surface area contributed by atoms with E-state index in [-0.39, 0.29) is 40.6 Å². The van der Waals surface area contributed by atoms with E-state index in [0.717, 1.165) is 61.0 Å². The van der Waals surface area contributed by atoms with Gasteiger partial charge in [0.15, 0.2) is 0 Å². The Morgan fingerprint density at radius 2 is 1.20 bits per heavy atom. The Bertz CT molecular complexity index is 2030. The van der Waals surface area contributed by atoms with Crippen molar-refractivity contribution in [3.63, 3.8) is 0 Å². The van der Waals surface area contributed by atoms with E-state index in [0.29, 0.717) is 70.3 Å². The third-order valence-electron chi connectivity index (χ3n) is 10.2. The molecule has 0 spiro atoms. The number of halogens is 2. The first kappa shape index (κ1) is 43.0. The predicted molar refractivity (Wildman–Crippen MR) is 207 cm³/mol. The summed E-state index contributed by atoms with van der Waals surface area (Å²) in [7, 11) is 3.14. The SMILES string of the molecule is CCOC(=O)c1cnc(N2CC3CC3C2)nc1NCc1ccc(OC)c(Cl)c1.COc1ccc(CNc2nc(N3CC4CC4C3)ncc2C(=O)O)cc1Cl.[Na+].[OH-]. The Morgan fingerprint density at radius 1 is 0.768 bits per heavy atom. The fourth-order valence-electron chi connectivity index (χ4n) is 6.97. The third-order valence-corrected chi connectivity index (χ3v) is 10.7. The number of esters is 1. The van der Waals surface area contributed by atoms with E-state index < -0.39 is 11.9 Å². The molecule has 2 saturated carbocycles. The first-order valence-electron chi connectivity index (χ1n) is 17.9. The van der Waals surface area contributed by atoms with Crippen LogP contribution in [0.25, 0.3) is 0 Å². The second kappa shape index (κ2) is 18.9. The number of carboxylic acids is 1. The first-order valence-corrected chi connectivity index (χ1v) is 18.7. The van der Waals surface area contributed by atoms with Crippen LogP contribution >= 0.6 is 23.2 Å². The average molecular weight is 818 g/mol. The van der Waals surface area contributed by atoms with Gasteiger partial charge in [-0.3, -0.25) is 0 Å². The molecule has 0 bridgehead atoms. The van der Waals surface area contributed by atoms with Crippen LogP contribution in [0.15, 0.2) is 48.8 Å². The Hall–Kier alpha value is -4.12. The molecule has 0 radical (unpaired) electrons. The fourth-order valence-corrected chi connectivity index (χ4v) is 7.53. The molecule has 8 rings (SSSR count). The van der Waals surface area contributed by atoms with Gasteiger partial charge in [0, 0.05) is 51.7 Å². The van der Waals surface area contributed by atoms with Crippen LogP contribution in [0, 0.1) is 23.7 Å². The van der Waals surface area contributed by atoms with Crippen molar-refractivity contribution in [2.75, 3.05) is 67.4 Å². The zero-order valence-electron chi connectivity index (χ0n) is 31.7. The van der Waals surface area contributed by atoms with Gasteiger partial charge in [-0.25, -0.2) is 19.6 Å². The molecule has 56 heavy (non-hydrogen) atoms. The number of hydrogen-bond donors (Lipinski definition) is 3. The van der Waals surface area contributed by atoms with Crippen molar-refractivity contribution >= 4 is 58.7 Å². The standard InChI is InChI=1S/C20H23ClN4O3.C18H19ClN4O3.Na.H2O/c1-3-28-19(26)15-9-23-20(25-10-13-7-14(13)11-25)24-18(15)22-8-12-4-5-17(27-2)16(21)6-12;1-26-15-3-2-10(4-14(15)19)6-20-16-13(17(24)25)7-21-18(22-16)23-8-11-5-12(11)9-23;;/h4-6,9,13-14H,3,7-8,10-11H2,1-2H3,(H,22,23,24);2-4,7,11-12H,5-6,8-9H2,1H3,(H,24,25)(H,20,21,22);;1H2/q;;+1;/p-1. The number of fused-ring (bicyclic) bond motifs is 2. The summed E-state index contributed by atoms with van der Waals surface area (Å²) in [5, 5.41) is 16.8. The van der Waals surface area contributed by atoms with E-state index in [1.165, 1.54) is 19.0 Å². The number of anilines is 4. The van der Waals surface area contributed by atoms with Gasteiger partial charge in [-0.05, 0) is 78.8 Å². The van der Waals surface area contributed by atoms with Crippen molar-refractivity contribution in [1.29, 1.82) is 0 Å². The molecule has 4 heterocycles. The molecule has 4 N–H and O–H groups in total. The summed E-state index contributed by atoms with van der Waals surface area (Å²) in [5.74, 6) is 4.76. The monoisotopic (exact) mass is 816 g/mol. The summed E-state index contributed by atoms with van der Waals surface area (Å²) in [4.78, 5) is 45.9. The number of aromatic nitrogens is 4. The number of carboxylic acid groups (broad SMARTS) is 1. The van der Waals surface area contributed by atoms with E-state index in [1.54, 1.807) is 39.5 Å². The molecule has 2 aliphatic heterocycles. The Kier molecular flexibility index (Phi) is 14.5. The van der Waals surface area contributed by atoms with Crippen LogP contribution in [0.3, 0.4) is 0 Å². The van der Waals surface area contributed by atoms with Gasteiger partial charge in [0.2, 0.25) is 11.9 Å². The van der Waals surface area contributed by atoms with Gasteiger partial charge in [0.05, 0.1) is 30.9 Å². The number of nitrogens with zero attached hydrogens (tertiary/aromatic N) is 6. The quantitative estimate of drug-likeness (QED) is 0.132. The normalized spacial score (nSPS) is 19.5. The fraction of sp³-hybridized carbons (Fsp3) is 0.421. The number of aromatic carboxylic acids is 1. The zero-order valence-corrected chi connectivity index (χ0v) is 35.2. The summed E-state index contributed by atoms with van der Waals surface area (Å²) in [6.07, 6.45) is 5.51. The number of methoxy groups -OCH3 is 2. The number of hydrogen-bond acceptors (Lipinski definition) is 14. The maximum atomic E-state index is 12.3. The summed E-state index contributed by atoms with van der Waals surface area (Å²) in [5.41, 5.74) is 2.23. The Balaban J connectivity index is 0.000000207. The van der Waals surface area contributed by atoms with Crippen LogP contribution in [0.5, 0.6) is 11.5 Å². The van der Waals surface area contributed by atoms with Gasteiger partial charge in [-0.1, -0.05) is 35.3 Å². The summed E-state index contributed by atoms with van der Waals surface area (Å²) in [6, 6.07) is 11.0. The molecule has 2 aromatic carbocycles. The number of rotatable bonds is 13. The number of carbonyl (C=O) groups excluding carboxylic acids is 1. The van der Waals surface area contributed by atoms with E-state index in [9.17, 15) is 14.7 Å². The number of carbonyl (C=O) groups is 2. The van der Waals surface area contributed by atoms with Crippen LogP contribution in [0.4, 0.5) is 23.5 Å². The average Bonchev–Trinajstić information content (AvgIpc) is 4.01. The summed E-state index contributed by atoms with van der Waals surface area (Å²) in [6.45, 7) is 6.78. The molecule has 4 aromatic rings. The largest absolute Gasteiger partial charge is 1.00 e.